The Labute approximate surface area is 177 Å². The van der Waals surface area contributed by atoms with Gasteiger partial charge in [-0.1, -0.05) is 24.4 Å². The Morgan fingerprint density at radius 1 is 1.10 bits per heavy atom. The van der Waals surface area contributed by atoms with Crippen molar-refractivity contribution in [2.24, 2.45) is 0 Å². The molecule has 1 atom stereocenters. The van der Waals surface area contributed by atoms with Gasteiger partial charge in [-0.15, -0.1) is 0 Å². The van der Waals surface area contributed by atoms with Gasteiger partial charge in [-0.2, -0.15) is 0 Å². The Hall–Kier alpha value is -2.21. The van der Waals surface area contributed by atoms with Crippen LogP contribution >= 0.6 is 11.6 Å². The van der Waals surface area contributed by atoms with Crippen LogP contribution in [-0.2, 0) is 14.3 Å². The predicted octanol–water partition coefficient (Wildman–Crippen LogP) is 4.48. The molecule has 0 aromatic heterocycles. The van der Waals surface area contributed by atoms with Gasteiger partial charge in [0.1, 0.15) is 0 Å². The first-order valence-corrected chi connectivity index (χ1v) is 10.4. The Balaban J connectivity index is 2.00. The van der Waals surface area contributed by atoms with E-state index in [1.54, 1.807) is 30.0 Å². The quantitative estimate of drug-likeness (QED) is 0.477. The number of benzene rings is 1. The second-order valence-electron chi connectivity index (χ2n) is 7.35. The summed E-state index contributed by atoms with van der Waals surface area (Å²) in [6, 6.07) is 3.40. The van der Waals surface area contributed by atoms with E-state index in [1.807, 2.05) is 13.8 Å². The van der Waals surface area contributed by atoms with Gasteiger partial charge in [0.05, 0.1) is 18.2 Å². The summed E-state index contributed by atoms with van der Waals surface area (Å²) in [5.41, 5.74) is 0.659. The summed E-state index contributed by atoms with van der Waals surface area (Å²) in [5, 5.41) is 0.385. The molecule has 1 fully saturated rings. The number of carbonyl (C=O) groups excluding carboxylic acids is 2. The largest absolute Gasteiger partial charge is 0.493 e. The molecule has 160 valence electrons. The molecule has 0 spiro atoms. The van der Waals surface area contributed by atoms with E-state index in [0.29, 0.717) is 22.1 Å². The van der Waals surface area contributed by atoms with Gasteiger partial charge in [0, 0.05) is 19.2 Å². The van der Waals surface area contributed by atoms with E-state index in [0.717, 1.165) is 38.8 Å². The van der Waals surface area contributed by atoms with Crippen LogP contribution in [0.4, 0.5) is 0 Å². The van der Waals surface area contributed by atoms with Crippen molar-refractivity contribution in [3.05, 3.63) is 28.8 Å². The summed E-state index contributed by atoms with van der Waals surface area (Å²) in [6.07, 6.45) is 6.23. The Morgan fingerprint density at radius 2 is 1.76 bits per heavy atom. The molecule has 1 aromatic rings. The summed E-state index contributed by atoms with van der Waals surface area (Å²) in [6.45, 7) is 6.84. The van der Waals surface area contributed by atoms with Crippen molar-refractivity contribution in [3.8, 4) is 11.5 Å². The Bertz CT molecular complexity index is 739. The number of halogens is 1. The summed E-state index contributed by atoms with van der Waals surface area (Å²) >= 11 is 6.29. The first kappa shape index (κ1) is 23.1. The average molecular weight is 424 g/mol. The third-order valence-electron chi connectivity index (χ3n) is 4.58. The lowest BCUT2D eigenvalue weighted by Crippen LogP contribution is -2.40. The number of hydrogen-bond acceptors (Lipinski definition) is 5. The van der Waals surface area contributed by atoms with E-state index < -0.39 is 12.1 Å². The van der Waals surface area contributed by atoms with Crippen LogP contribution in [0.2, 0.25) is 5.02 Å². The number of esters is 1. The fourth-order valence-electron chi connectivity index (χ4n) is 3.16. The van der Waals surface area contributed by atoms with Crippen LogP contribution in [-0.4, -0.2) is 49.2 Å². The molecule has 0 saturated carbocycles. The van der Waals surface area contributed by atoms with Crippen molar-refractivity contribution in [1.82, 2.24) is 4.90 Å². The summed E-state index contributed by atoms with van der Waals surface area (Å²) in [5.74, 6) is 0.205. The zero-order valence-corrected chi connectivity index (χ0v) is 18.3. The highest BCUT2D eigenvalue weighted by Crippen LogP contribution is 2.37. The number of amides is 1. The van der Waals surface area contributed by atoms with Crippen LogP contribution in [0, 0.1) is 0 Å². The van der Waals surface area contributed by atoms with E-state index in [-0.39, 0.29) is 12.0 Å². The topological polar surface area (TPSA) is 65.1 Å². The van der Waals surface area contributed by atoms with Gasteiger partial charge in [-0.05, 0) is 57.4 Å². The maximum absolute atomic E-state index is 12.5. The van der Waals surface area contributed by atoms with Gasteiger partial charge >= 0.3 is 5.97 Å². The maximum atomic E-state index is 12.5. The monoisotopic (exact) mass is 423 g/mol. The van der Waals surface area contributed by atoms with E-state index in [4.69, 9.17) is 25.8 Å². The minimum atomic E-state index is -0.815. The molecule has 6 nitrogen and oxygen atoms in total. The van der Waals surface area contributed by atoms with E-state index in [1.165, 1.54) is 13.2 Å². The lowest BCUT2D eigenvalue weighted by molar-refractivity contribution is -0.155. The molecule has 0 unspecified atom stereocenters. The standard InChI is InChI=1S/C22H30ClNO5/c1-15(2)28-21-18(23)13-17(14-19(21)27-4)9-10-20(25)29-16(3)22(26)24-11-7-5-6-8-12-24/h9-10,13-16H,5-8,11-12H2,1-4H3/b10-9+/t16-/m0/s1. The highest BCUT2D eigenvalue weighted by atomic mass is 35.5. The second kappa shape index (κ2) is 11.1. The summed E-state index contributed by atoms with van der Waals surface area (Å²) in [4.78, 5) is 26.4. The Morgan fingerprint density at radius 3 is 2.34 bits per heavy atom. The fraction of sp³-hybridized carbons (Fsp3) is 0.545. The third kappa shape index (κ3) is 6.96. The zero-order valence-electron chi connectivity index (χ0n) is 17.6. The van der Waals surface area contributed by atoms with Crippen molar-refractivity contribution in [2.45, 2.75) is 58.7 Å². The molecule has 1 heterocycles. The number of ether oxygens (including phenoxy) is 3. The number of methoxy groups -OCH3 is 1. The van der Waals surface area contributed by atoms with E-state index >= 15 is 0 Å². The molecule has 29 heavy (non-hydrogen) atoms. The zero-order chi connectivity index (χ0) is 21.4. The predicted molar refractivity (Wildman–Crippen MR) is 113 cm³/mol. The molecule has 1 aromatic carbocycles. The van der Waals surface area contributed by atoms with Crippen LogP contribution in [0.1, 0.15) is 52.0 Å². The molecule has 2 rings (SSSR count). The normalized spacial score (nSPS) is 15.9. The molecule has 1 aliphatic heterocycles. The molecular formula is C22H30ClNO5. The van der Waals surface area contributed by atoms with Crippen molar-refractivity contribution in [3.63, 3.8) is 0 Å². The van der Waals surface area contributed by atoms with E-state index in [2.05, 4.69) is 0 Å². The number of nitrogens with zero attached hydrogens (tertiary/aromatic N) is 1. The number of hydrogen-bond donors (Lipinski definition) is 0. The molecule has 0 radical (unpaired) electrons. The van der Waals surface area contributed by atoms with Crippen molar-refractivity contribution >= 4 is 29.6 Å². The Kier molecular flexibility index (Phi) is 8.83. The highest BCUT2D eigenvalue weighted by molar-refractivity contribution is 6.32. The highest BCUT2D eigenvalue weighted by Gasteiger charge is 2.23. The van der Waals surface area contributed by atoms with Crippen molar-refractivity contribution in [2.75, 3.05) is 20.2 Å². The van der Waals surface area contributed by atoms with Crippen LogP contribution in [0.3, 0.4) is 0 Å². The molecule has 1 aliphatic rings. The molecular weight excluding hydrogens is 394 g/mol. The van der Waals surface area contributed by atoms with Gasteiger partial charge in [0.25, 0.3) is 5.91 Å². The maximum Gasteiger partial charge on any atom is 0.331 e. The van der Waals surface area contributed by atoms with Gasteiger partial charge in [0.15, 0.2) is 17.6 Å². The van der Waals surface area contributed by atoms with E-state index in [9.17, 15) is 9.59 Å². The minimum Gasteiger partial charge on any atom is -0.493 e. The first-order valence-electron chi connectivity index (χ1n) is 10.0. The van der Waals surface area contributed by atoms with Crippen LogP contribution in [0.5, 0.6) is 11.5 Å². The smallest absolute Gasteiger partial charge is 0.331 e. The average Bonchev–Trinajstić information content (AvgIpc) is 2.96. The van der Waals surface area contributed by atoms with Gasteiger partial charge < -0.3 is 19.1 Å². The number of likely N-dealkylation sites (tertiary alicyclic amines) is 1. The molecule has 7 heteroatoms. The lowest BCUT2D eigenvalue weighted by Gasteiger charge is -2.23. The molecule has 0 aliphatic carbocycles. The molecule has 1 amide bonds. The lowest BCUT2D eigenvalue weighted by atomic mass is 10.2. The summed E-state index contributed by atoms with van der Waals surface area (Å²) < 4.78 is 16.3. The number of carbonyl (C=O) groups is 2. The SMILES string of the molecule is COc1cc(/C=C/C(=O)O[C@@H](C)C(=O)N2CCCCCC2)cc(Cl)c1OC(C)C. The second-order valence-corrected chi connectivity index (χ2v) is 7.76. The molecule has 1 saturated heterocycles. The van der Waals surface area contributed by atoms with Gasteiger partial charge in [-0.25, -0.2) is 4.79 Å². The van der Waals surface area contributed by atoms with Crippen LogP contribution in [0.25, 0.3) is 6.08 Å². The van der Waals surface area contributed by atoms with Gasteiger partial charge in [-0.3, -0.25) is 4.79 Å². The van der Waals surface area contributed by atoms with Crippen molar-refractivity contribution < 1.29 is 23.8 Å². The van der Waals surface area contributed by atoms with Crippen LogP contribution < -0.4 is 9.47 Å². The minimum absolute atomic E-state index is 0.0546. The fourth-order valence-corrected chi connectivity index (χ4v) is 3.43. The number of rotatable bonds is 7. The molecule has 0 bridgehead atoms. The summed E-state index contributed by atoms with van der Waals surface area (Å²) in [7, 11) is 1.52. The molecule has 0 N–H and O–H groups in total. The van der Waals surface area contributed by atoms with Gasteiger partial charge in [0.2, 0.25) is 0 Å². The van der Waals surface area contributed by atoms with Crippen LogP contribution in [0.15, 0.2) is 18.2 Å². The third-order valence-corrected chi connectivity index (χ3v) is 4.86. The van der Waals surface area contributed by atoms with Crippen molar-refractivity contribution in [1.29, 1.82) is 0 Å². The first-order chi connectivity index (χ1) is 13.8.